The van der Waals surface area contributed by atoms with Crippen LogP contribution in [0.25, 0.3) is 32.7 Å². The first-order valence-corrected chi connectivity index (χ1v) is 27.4. The van der Waals surface area contributed by atoms with Crippen LogP contribution in [-0.2, 0) is 4.66 Å². The molecule has 4 heteroatoms. The molecule has 8 aromatic carbocycles. The summed E-state index contributed by atoms with van der Waals surface area (Å²) in [6.07, 6.45) is 0. The summed E-state index contributed by atoms with van der Waals surface area (Å²) in [5, 5.41) is 5.40. The van der Waals surface area contributed by atoms with Crippen molar-refractivity contribution in [3.05, 3.63) is 192 Å². The average molecular weight is 773 g/mol. The van der Waals surface area contributed by atoms with Gasteiger partial charge in [0.25, 0.3) is 0 Å². The number of hydrogen-bond donors (Lipinski definition) is 0. The van der Waals surface area contributed by atoms with Crippen LogP contribution in [0.15, 0.2) is 170 Å². The maximum absolute atomic E-state index is 2.63. The Morgan fingerprint density at radius 2 is 0.737 bits per heavy atom. The lowest BCUT2D eigenvalue weighted by atomic mass is 9.97. The van der Waals surface area contributed by atoms with Gasteiger partial charge in [0.15, 0.2) is 0 Å². The van der Waals surface area contributed by atoms with Gasteiger partial charge < -0.3 is 9.80 Å². The molecule has 0 amide bonds. The lowest BCUT2D eigenvalue weighted by Gasteiger charge is -2.52. The van der Waals surface area contributed by atoms with E-state index in [0.717, 1.165) is 11.4 Å². The first-order valence-electron chi connectivity index (χ1n) is 20.4. The number of anilines is 6. The third-order valence-electron chi connectivity index (χ3n) is 12.6. The van der Waals surface area contributed by atoms with Gasteiger partial charge in [0.2, 0.25) is 0 Å². The van der Waals surface area contributed by atoms with Crippen molar-refractivity contribution < 1.29 is 0 Å². The fraction of sp³-hybridized carbons (Fsp3) is 0.170. The lowest BCUT2D eigenvalue weighted by Crippen LogP contribution is -2.63. The van der Waals surface area contributed by atoms with Gasteiger partial charge in [-0.2, -0.15) is 0 Å². The maximum atomic E-state index is 2.63. The SMILES string of the molecule is Cc1ccccc1N(c1ccccc1)c1ccc2c3c(ccc2c1)-c1ccc2cc(N(c4ccccc4)c4ccccc4C)ccc2c1C3([Si](C)(C)C)[Si](C)(C)C. The van der Waals surface area contributed by atoms with E-state index in [4.69, 9.17) is 0 Å². The summed E-state index contributed by atoms with van der Waals surface area (Å²) in [5.74, 6) is 0. The number of benzene rings is 8. The Kier molecular flexibility index (Phi) is 8.91. The van der Waals surface area contributed by atoms with Crippen LogP contribution in [0.5, 0.6) is 0 Å². The summed E-state index contributed by atoms with van der Waals surface area (Å²) < 4.78 is -0.0308. The van der Waals surface area contributed by atoms with Gasteiger partial charge in [0.1, 0.15) is 0 Å². The monoisotopic (exact) mass is 772 g/mol. The number of rotatable bonds is 8. The fourth-order valence-electron chi connectivity index (χ4n) is 10.6. The first-order chi connectivity index (χ1) is 27.4. The summed E-state index contributed by atoms with van der Waals surface area (Å²) >= 11 is 0. The second-order valence-corrected chi connectivity index (χ2v) is 29.0. The van der Waals surface area contributed by atoms with Crippen LogP contribution >= 0.6 is 0 Å². The minimum atomic E-state index is -2.00. The van der Waals surface area contributed by atoms with Crippen LogP contribution in [-0.4, -0.2) is 16.1 Å². The molecule has 2 nitrogen and oxygen atoms in total. The van der Waals surface area contributed by atoms with Crippen LogP contribution in [0.3, 0.4) is 0 Å². The molecular weight excluding hydrogens is 721 g/mol. The van der Waals surface area contributed by atoms with E-state index in [9.17, 15) is 0 Å². The third kappa shape index (κ3) is 5.80. The highest BCUT2D eigenvalue weighted by Crippen LogP contribution is 2.61. The van der Waals surface area contributed by atoms with Crippen molar-refractivity contribution in [1.82, 2.24) is 0 Å². The molecule has 0 unspecified atom stereocenters. The van der Waals surface area contributed by atoms with E-state index in [1.807, 2.05) is 0 Å². The molecule has 0 atom stereocenters. The van der Waals surface area contributed by atoms with E-state index in [2.05, 4.69) is 233 Å². The van der Waals surface area contributed by atoms with Crippen LogP contribution in [0.4, 0.5) is 34.1 Å². The first kappa shape index (κ1) is 36.9. The second kappa shape index (κ2) is 13.8. The van der Waals surface area contributed by atoms with Gasteiger partial charge in [-0.25, -0.2) is 0 Å². The number of para-hydroxylation sites is 4. The minimum absolute atomic E-state index is 0.0308. The molecule has 0 N–H and O–H groups in total. The minimum Gasteiger partial charge on any atom is -0.310 e. The molecule has 0 radical (unpaired) electrons. The highest BCUT2D eigenvalue weighted by Gasteiger charge is 2.60. The van der Waals surface area contributed by atoms with Gasteiger partial charge >= 0.3 is 0 Å². The molecule has 8 aromatic rings. The van der Waals surface area contributed by atoms with E-state index >= 15 is 0 Å². The van der Waals surface area contributed by atoms with Gasteiger partial charge in [-0.3, -0.25) is 0 Å². The topological polar surface area (TPSA) is 6.48 Å². The summed E-state index contributed by atoms with van der Waals surface area (Å²) in [5.41, 5.74) is 15.6. The van der Waals surface area contributed by atoms with E-state index in [-0.39, 0.29) is 4.66 Å². The van der Waals surface area contributed by atoms with Crippen LogP contribution in [0.1, 0.15) is 22.3 Å². The summed E-state index contributed by atoms with van der Waals surface area (Å²) in [7, 11) is -4.00. The van der Waals surface area contributed by atoms with E-state index in [1.165, 1.54) is 66.5 Å². The Morgan fingerprint density at radius 1 is 0.368 bits per heavy atom. The number of nitrogens with zero attached hydrogens (tertiary/aromatic N) is 2. The lowest BCUT2D eigenvalue weighted by molar-refractivity contribution is 0.972. The van der Waals surface area contributed by atoms with Crippen molar-refractivity contribution in [2.45, 2.75) is 57.8 Å². The van der Waals surface area contributed by atoms with Crippen molar-refractivity contribution >= 4 is 71.8 Å². The maximum Gasteiger partial charge on any atom is 0.0579 e. The molecule has 57 heavy (non-hydrogen) atoms. The Hall–Kier alpha value is -5.69. The highest BCUT2D eigenvalue weighted by molar-refractivity contribution is 7.00. The molecule has 0 saturated heterocycles. The van der Waals surface area contributed by atoms with Crippen LogP contribution < -0.4 is 9.80 Å². The highest BCUT2D eigenvalue weighted by atomic mass is 28.4. The Bertz CT molecular complexity index is 2600. The smallest absolute Gasteiger partial charge is 0.0579 e. The number of fused-ring (bicyclic) bond motifs is 7. The normalized spacial score (nSPS) is 13.4. The largest absolute Gasteiger partial charge is 0.310 e. The zero-order valence-electron chi connectivity index (χ0n) is 34.6. The second-order valence-electron chi connectivity index (χ2n) is 18.0. The molecule has 282 valence electrons. The van der Waals surface area contributed by atoms with Crippen molar-refractivity contribution in [1.29, 1.82) is 0 Å². The molecule has 0 bridgehead atoms. The molecular formula is C53H52N2Si2. The van der Waals surface area contributed by atoms with Crippen molar-refractivity contribution in [3.63, 3.8) is 0 Å². The molecule has 0 heterocycles. The van der Waals surface area contributed by atoms with Gasteiger partial charge in [-0.15, -0.1) is 0 Å². The predicted molar refractivity (Wildman–Crippen MR) is 253 cm³/mol. The molecule has 0 spiro atoms. The standard InChI is InChI=1S/C53H52N2Si2/c1-37-19-15-17-25-49(37)54(41-21-11-9-12-22-41)43-29-33-45-39(35-43)27-31-47-48-32-28-40-36-44(55(42-23-13-10-14-24-42)50-26-18-16-20-38(50)2)30-34-46(40)52(48)53(51(45)47,56(3,4)5)57(6,7)8/h9-36H,1-8H3. The van der Waals surface area contributed by atoms with Gasteiger partial charge in [0.05, 0.1) is 16.1 Å². The van der Waals surface area contributed by atoms with E-state index in [1.54, 1.807) is 11.1 Å². The average Bonchev–Trinajstić information content (AvgIpc) is 3.53. The molecule has 0 fully saturated rings. The van der Waals surface area contributed by atoms with Crippen molar-refractivity contribution in [2.24, 2.45) is 0 Å². The fourth-order valence-corrected chi connectivity index (χ4v) is 23.6. The third-order valence-corrected chi connectivity index (χ3v) is 22.6. The Balaban J connectivity index is 1.27. The summed E-state index contributed by atoms with van der Waals surface area (Å²) in [6.45, 7) is 20.2. The summed E-state index contributed by atoms with van der Waals surface area (Å²) in [4.78, 5) is 4.84. The molecule has 0 aliphatic heterocycles. The molecule has 0 aromatic heterocycles. The number of hydrogen-bond acceptors (Lipinski definition) is 2. The Morgan fingerprint density at radius 3 is 1.11 bits per heavy atom. The number of aryl methyl sites for hydroxylation is 2. The van der Waals surface area contributed by atoms with Gasteiger partial charge in [-0.1, -0.05) is 148 Å². The Labute approximate surface area is 341 Å². The quantitative estimate of drug-likeness (QED) is 0.142. The molecule has 1 aliphatic rings. The van der Waals surface area contributed by atoms with E-state index < -0.39 is 16.1 Å². The zero-order chi connectivity index (χ0) is 39.7. The zero-order valence-corrected chi connectivity index (χ0v) is 36.6. The molecule has 0 saturated carbocycles. The van der Waals surface area contributed by atoms with Crippen LogP contribution in [0, 0.1) is 13.8 Å². The van der Waals surface area contributed by atoms with Crippen LogP contribution in [0.2, 0.25) is 39.3 Å². The predicted octanol–water partition coefficient (Wildman–Crippen LogP) is 15.6. The molecule has 1 aliphatic carbocycles. The summed E-state index contributed by atoms with van der Waals surface area (Å²) in [6, 6.07) is 63.3. The molecule has 9 rings (SSSR count). The van der Waals surface area contributed by atoms with Gasteiger partial charge in [-0.05, 0) is 129 Å². The van der Waals surface area contributed by atoms with E-state index in [0.29, 0.717) is 0 Å². The van der Waals surface area contributed by atoms with Gasteiger partial charge in [0, 0.05) is 38.8 Å². The van der Waals surface area contributed by atoms with Crippen molar-refractivity contribution in [2.75, 3.05) is 9.80 Å². The van der Waals surface area contributed by atoms with Crippen molar-refractivity contribution in [3.8, 4) is 11.1 Å².